The highest BCUT2D eigenvalue weighted by Gasteiger charge is 2.31. The molecule has 1 aromatic carbocycles. The average Bonchev–Trinajstić information content (AvgIpc) is 2.64. The molecule has 0 aromatic heterocycles. The van der Waals surface area contributed by atoms with Gasteiger partial charge in [0.2, 0.25) is 17.7 Å². The van der Waals surface area contributed by atoms with Gasteiger partial charge >= 0.3 is 0 Å². The van der Waals surface area contributed by atoms with Crippen molar-refractivity contribution in [3.8, 4) is 5.75 Å². The van der Waals surface area contributed by atoms with Gasteiger partial charge in [-0.2, -0.15) is 0 Å². The van der Waals surface area contributed by atoms with E-state index in [4.69, 9.17) is 16.6 Å². The van der Waals surface area contributed by atoms with Crippen LogP contribution in [0.5, 0.6) is 5.75 Å². The molecule has 10 nitrogen and oxygen atoms in total. The lowest BCUT2D eigenvalue weighted by molar-refractivity contribution is -0.141. The minimum Gasteiger partial charge on any atom is -0.508 e. The summed E-state index contributed by atoms with van der Waals surface area (Å²) in [6.07, 6.45) is 0.0468. The third kappa shape index (κ3) is 6.68. The molecule has 27 heavy (non-hydrogen) atoms. The van der Waals surface area contributed by atoms with Gasteiger partial charge in [0, 0.05) is 13.5 Å². The molecule has 1 rings (SSSR count). The number of nitrogens with one attached hydrogen (secondary N) is 1. The second-order valence-electron chi connectivity index (χ2n) is 6.05. The van der Waals surface area contributed by atoms with Gasteiger partial charge in [-0.15, -0.1) is 0 Å². The van der Waals surface area contributed by atoms with E-state index in [9.17, 15) is 24.3 Å². The van der Waals surface area contributed by atoms with Crippen LogP contribution in [-0.2, 0) is 25.6 Å². The van der Waals surface area contributed by atoms with Crippen molar-refractivity contribution >= 4 is 24.0 Å². The molecular weight excluding hydrogens is 356 g/mol. The lowest BCUT2D eigenvalue weighted by atomic mass is 10.0. The lowest BCUT2D eigenvalue weighted by Crippen LogP contribution is -2.55. The van der Waals surface area contributed by atoms with Gasteiger partial charge in [0.15, 0.2) is 0 Å². The number of aromatic hydroxyl groups is 1. The molecule has 7 N–H and O–H groups in total. The number of aliphatic hydroxyl groups is 1. The molecule has 0 aliphatic carbocycles. The minimum absolute atomic E-state index is 0.0361. The Balaban J connectivity index is 3.05. The van der Waals surface area contributed by atoms with Crippen molar-refractivity contribution in [3.63, 3.8) is 0 Å². The van der Waals surface area contributed by atoms with Gasteiger partial charge in [0.05, 0.1) is 19.1 Å². The summed E-state index contributed by atoms with van der Waals surface area (Å²) in [6, 6.07) is 2.57. The van der Waals surface area contributed by atoms with Crippen LogP contribution in [0.4, 0.5) is 0 Å². The van der Waals surface area contributed by atoms with E-state index in [2.05, 4.69) is 5.32 Å². The predicted molar refractivity (Wildman–Crippen MR) is 95.2 cm³/mol. The summed E-state index contributed by atoms with van der Waals surface area (Å²) in [7, 11) is 1.34. The van der Waals surface area contributed by atoms with Crippen LogP contribution < -0.4 is 16.8 Å². The van der Waals surface area contributed by atoms with Crippen molar-refractivity contribution in [1.29, 1.82) is 0 Å². The molecule has 3 atom stereocenters. The fourth-order valence-corrected chi connectivity index (χ4v) is 2.38. The van der Waals surface area contributed by atoms with Gasteiger partial charge in [-0.05, 0) is 17.7 Å². The number of rotatable bonds is 10. The number of aliphatic hydroxyl groups excluding tert-OH is 1. The topological polar surface area (TPSA) is 176 Å². The highest BCUT2D eigenvalue weighted by molar-refractivity contribution is 5.91. The zero-order valence-corrected chi connectivity index (χ0v) is 14.9. The first kappa shape index (κ1) is 22.1. The summed E-state index contributed by atoms with van der Waals surface area (Å²) >= 11 is 0. The van der Waals surface area contributed by atoms with E-state index in [1.165, 1.54) is 19.2 Å². The van der Waals surface area contributed by atoms with Crippen molar-refractivity contribution < 1.29 is 29.4 Å². The summed E-state index contributed by atoms with van der Waals surface area (Å²) in [5, 5.41) is 20.8. The molecule has 0 radical (unpaired) electrons. The summed E-state index contributed by atoms with van der Waals surface area (Å²) < 4.78 is 0. The van der Waals surface area contributed by atoms with Gasteiger partial charge in [-0.3, -0.25) is 14.4 Å². The molecule has 0 saturated heterocycles. The fraction of sp³-hybridized carbons (Fsp3) is 0.412. The first-order chi connectivity index (χ1) is 12.7. The standard InChI is InChI=1S/C17H24N4O6/c1-21(17(27)13(18)9-23)14(6-10-2-4-12(24)5-3-10)16(26)20-11(8-22)7-15(19)25/h2-5,8,11,13-14,23-24H,6-7,9,18H2,1H3,(H2,19,25)(H,20,26)/t11-,13+,14+/m1/s1. The van der Waals surface area contributed by atoms with Crippen LogP contribution in [0.15, 0.2) is 24.3 Å². The molecule has 0 unspecified atom stereocenters. The number of aldehydes is 1. The maximum absolute atomic E-state index is 12.7. The Kier molecular flexibility index (Phi) is 8.36. The summed E-state index contributed by atoms with van der Waals surface area (Å²) in [5.41, 5.74) is 11.2. The maximum atomic E-state index is 12.7. The smallest absolute Gasteiger partial charge is 0.243 e. The third-order valence-corrected chi connectivity index (χ3v) is 3.91. The molecule has 148 valence electrons. The number of carbonyl (C=O) groups is 4. The zero-order valence-electron chi connectivity index (χ0n) is 14.9. The molecule has 0 spiro atoms. The van der Waals surface area contributed by atoms with E-state index in [-0.39, 0.29) is 18.6 Å². The van der Waals surface area contributed by atoms with Crippen LogP contribution in [0.1, 0.15) is 12.0 Å². The molecule has 1 aromatic rings. The van der Waals surface area contributed by atoms with E-state index < -0.39 is 42.5 Å². The second-order valence-corrected chi connectivity index (χ2v) is 6.05. The molecule has 0 bridgehead atoms. The van der Waals surface area contributed by atoms with Crippen molar-refractivity contribution in [2.24, 2.45) is 11.5 Å². The van der Waals surface area contributed by atoms with Crippen LogP contribution in [0.2, 0.25) is 0 Å². The Morgan fingerprint density at radius 3 is 2.33 bits per heavy atom. The molecule has 0 aliphatic rings. The Bertz CT molecular complexity index is 679. The Labute approximate surface area is 156 Å². The number of nitrogens with two attached hydrogens (primary N) is 2. The van der Waals surface area contributed by atoms with Crippen molar-refractivity contribution in [3.05, 3.63) is 29.8 Å². The number of primary amides is 1. The normalized spacial score (nSPS) is 13.9. The first-order valence-corrected chi connectivity index (χ1v) is 8.14. The maximum Gasteiger partial charge on any atom is 0.243 e. The predicted octanol–water partition coefficient (Wildman–Crippen LogP) is -2.36. The third-order valence-electron chi connectivity index (χ3n) is 3.91. The Morgan fingerprint density at radius 1 is 1.26 bits per heavy atom. The number of benzene rings is 1. The molecule has 0 saturated carbocycles. The number of likely N-dealkylation sites (N-methyl/N-ethyl adjacent to an activating group) is 1. The van der Waals surface area contributed by atoms with Crippen molar-refractivity contribution in [2.75, 3.05) is 13.7 Å². The van der Waals surface area contributed by atoms with Gasteiger partial charge in [-0.25, -0.2) is 0 Å². The molecule has 0 aliphatic heterocycles. The zero-order chi connectivity index (χ0) is 20.6. The van der Waals surface area contributed by atoms with E-state index in [0.717, 1.165) is 4.90 Å². The van der Waals surface area contributed by atoms with E-state index in [1.807, 2.05) is 0 Å². The Hall–Kier alpha value is -2.98. The quantitative estimate of drug-likeness (QED) is 0.282. The van der Waals surface area contributed by atoms with E-state index in [0.29, 0.717) is 11.8 Å². The number of hydrogen-bond donors (Lipinski definition) is 5. The SMILES string of the molecule is CN(C(=O)[C@@H](N)CO)[C@@H](Cc1ccc(O)cc1)C(=O)N[C@@H](C=O)CC(N)=O. The number of phenols is 1. The molecule has 10 heteroatoms. The number of hydrogen-bond acceptors (Lipinski definition) is 7. The van der Waals surface area contributed by atoms with E-state index >= 15 is 0 Å². The lowest BCUT2D eigenvalue weighted by Gasteiger charge is -2.30. The van der Waals surface area contributed by atoms with Crippen LogP contribution >= 0.6 is 0 Å². The van der Waals surface area contributed by atoms with Crippen LogP contribution in [0.3, 0.4) is 0 Å². The fourth-order valence-electron chi connectivity index (χ4n) is 2.38. The highest BCUT2D eigenvalue weighted by Crippen LogP contribution is 2.14. The second kappa shape index (κ2) is 10.2. The molecular formula is C17H24N4O6. The summed E-state index contributed by atoms with van der Waals surface area (Å²) in [4.78, 5) is 48.1. The Morgan fingerprint density at radius 2 is 1.85 bits per heavy atom. The highest BCUT2D eigenvalue weighted by atomic mass is 16.3. The molecule has 3 amide bonds. The summed E-state index contributed by atoms with van der Waals surface area (Å²) in [5.74, 6) is -2.10. The van der Waals surface area contributed by atoms with Crippen LogP contribution in [0, 0.1) is 0 Å². The number of nitrogens with zero attached hydrogens (tertiary/aromatic N) is 1. The summed E-state index contributed by atoms with van der Waals surface area (Å²) in [6.45, 7) is -0.602. The average molecular weight is 380 g/mol. The number of carbonyl (C=O) groups excluding carboxylic acids is 4. The van der Waals surface area contributed by atoms with Crippen LogP contribution in [-0.4, -0.2) is 70.9 Å². The molecule has 0 heterocycles. The van der Waals surface area contributed by atoms with E-state index in [1.54, 1.807) is 12.1 Å². The monoisotopic (exact) mass is 380 g/mol. The van der Waals surface area contributed by atoms with Gasteiger partial charge in [0.1, 0.15) is 24.1 Å². The minimum atomic E-state index is -1.21. The largest absolute Gasteiger partial charge is 0.508 e. The van der Waals surface area contributed by atoms with Gasteiger partial charge in [-0.1, -0.05) is 12.1 Å². The molecule has 0 fully saturated rings. The first-order valence-electron chi connectivity index (χ1n) is 8.14. The number of amides is 3. The number of phenolic OH excluding ortho intramolecular Hbond substituents is 1. The van der Waals surface area contributed by atoms with Gasteiger partial charge in [0.25, 0.3) is 0 Å². The van der Waals surface area contributed by atoms with Crippen LogP contribution in [0.25, 0.3) is 0 Å². The van der Waals surface area contributed by atoms with Crippen molar-refractivity contribution in [1.82, 2.24) is 10.2 Å². The van der Waals surface area contributed by atoms with Crippen molar-refractivity contribution in [2.45, 2.75) is 31.0 Å². The van der Waals surface area contributed by atoms with Gasteiger partial charge < -0.3 is 36.7 Å².